The summed E-state index contributed by atoms with van der Waals surface area (Å²) < 4.78 is 43.1. The van der Waals surface area contributed by atoms with Crippen molar-refractivity contribution in [1.82, 2.24) is 4.98 Å². The maximum absolute atomic E-state index is 12.6. The van der Waals surface area contributed by atoms with Crippen molar-refractivity contribution in [3.63, 3.8) is 0 Å². The summed E-state index contributed by atoms with van der Waals surface area (Å²) in [5.74, 6) is -0.0408. The molecule has 0 aliphatic rings. The second-order valence-corrected chi connectivity index (χ2v) is 4.45. The zero-order chi connectivity index (χ0) is 15.7. The summed E-state index contributed by atoms with van der Waals surface area (Å²) in [5.41, 5.74) is -0.918. The molecular weight excluding hydrogens is 283 g/mol. The number of nitriles is 1. The number of unbranched alkanes of at least 4 members (excludes halogenated alkanes) is 1. The molecule has 0 radical (unpaired) electrons. The van der Waals surface area contributed by atoms with Crippen molar-refractivity contribution in [2.45, 2.75) is 32.4 Å². The normalized spacial score (nSPS) is 11.2. The summed E-state index contributed by atoms with van der Waals surface area (Å²) in [5, 5.41) is 11.6. The van der Waals surface area contributed by atoms with Crippen LogP contribution in [0.5, 0.6) is 0 Å². The van der Waals surface area contributed by atoms with Gasteiger partial charge in [0.25, 0.3) is 0 Å². The Morgan fingerprint density at radius 1 is 1.29 bits per heavy atom. The molecule has 4 nitrogen and oxygen atoms in total. The van der Waals surface area contributed by atoms with Gasteiger partial charge in [-0.1, -0.05) is 13.3 Å². The molecule has 0 aromatic carbocycles. The van der Waals surface area contributed by atoms with Crippen LogP contribution in [0, 0.1) is 11.3 Å². The Bertz CT molecular complexity index is 483. The third-order valence-corrected chi connectivity index (χ3v) is 2.71. The lowest BCUT2D eigenvalue weighted by Gasteiger charge is -2.11. The van der Waals surface area contributed by atoms with E-state index in [1.165, 1.54) is 0 Å². The number of hydrogen-bond donors (Lipinski definition) is 1. The minimum atomic E-state index is -4.52. The Hall–Kier alpha value is -1.81. The number of ether oxygens (including phenoxy) is 1. The molecule has 0 aliphatic carbocycles. The Balaban J connectivity index is 2.51. The SMILES string of the molecule is CCCCOCCCNc1nc(C(F)(F)F)ccc1C#N. The Kier molecular flexibility index (Phi) is 6.96. The minimum Gasteiger partial charge on any atom is -0.381 e. The molecule has 0 bridgehead atoms. The van der Waals surface area contributed by atoms with Crippen LogP contribution in [0.4, 0.5) is 19.0 Å². The number of halogens is 3. The summed E-state index contributed by atoms with van der Waals surface area (Å²) in [6, 6.07) is 3.74. The maximum atomic E-state index is 12.6. The average Bonchev–Trinajstić information content (AvgIpc) is 2.45. The van der Waals surface area contributed by atoms with Crippen molar-refractivity contribution in [1.29, 1.82) is 5.26 Å². The smallest absolute Gasteiger partial charge is 0.381 e. The molecule has 1 N–H and O–H groups in total. The van der Waals surface area contributed by atoms with Crippen LogP contribution in [0.15, 0.2) is 12.1 Å². The number of alkyl halides is 3. The average molecular weight is 301 g/mol. The second-order valence-electron chi connectivity index (χ2n) is 4.45. The second kappa shape index (κ2) is 8.47. The van der Waals surface area contributed by atoms with E-state index in [-0.39, 0.29) is 11.4 Å². The van der Waals surface area contributed by atoms with E-state index in [1.807, 2.05) is 6.07 Å². The van der Waals surface area contributed by atoms with Gasteiger partial charge in [-0.15, -0.1) is 0 Å². The largest absolute Gasteiger partial charge is 0.433 e. The van der Waals surface area contributed by atoms with Crippen molar-refractivity contribution < 1.29 is 17.9 Å². The predicted octanol–water partition coefficient (Wildman–Crippen LogP) is 3.59. The zero-order valence-electron chi connectivity index (χ0n) is 11.8. The molecule has 0 saturated carbocycles. The molecule has 0 amide bonds. The first-order valence-electron chi connectivity index (χ1n) is 6.79. The quantitative estimate of drug-likeness (QED) is 0.745. The van der Waals surface area contributed by atoms with Crippen LogP contribution < -0.4 is 5.32 Å². The van der Waals surface area contributed by atoms with Gasteiger partial charge in [0.1, 0.15) is 17.6 Å². The molecule has 0 spiro atoms. The van der Waals surface area contributed by atoms with Gasteiger partial charge in [0.2, 0.25) is 0 Å². The number of pyridine rings is 1. The van der Waals surface area contributed by atoms with Crippen LogP contribution in [-0.4, -0.2) is 24.7 Å². The molecule has 0 saturated heterocycles. The van der Waals surface area contributed by atoms with Crippen LogP contribution in [0.1, 0.15) is 37.4 Å². The molecule has 21 heavy (non-hydrogen) atoms. The first kappa shape index (κ1) is 17.2. The Labute approximate surface area is 121 Å². The highest BCUT2D eigenvalue weighted by atomic mass is 19.4. The molecular formula is C14H18F3N3O. The summed E-state index contributed by atoms with van der Waals surface area (Å²) in [7, 11) is 0. The molecule has 0 atom stereocenters. The van der Waals surface area contributed by atoms with E-state index >= 15 is 0 Å². The Morgan fingerprint density at radius 3 is 2.62 bits per heavy atom. The number of aromatic nitrogens is 1. The summed E-state index contributed by atoms with van der Waals surface area (Å²) in [4.78, 5) is 3.46. The third kappa shape index (κ3) is 6.00. The fraction of sp³-hybridized carbons (Fsp3) is 0.571. The highest BCUT2D eigenvalue weighted by molar-refractivity contribution is 5.52. The summed E-state index contributed by atoms with van der Waals surface area (Å²) in [6.07, 6.45) is -1.85. The topological polar surface area (TPSA) is 57.9 Å². The molecule has 7 heteroatoms. The van der Waals surface area contributed by atoms with Crippen molar-refractivity contribution in [2.24, 2.45) is 0 Å². The molecule has 1 rings (SSSR count). The van der Waals surface area contributed by atoms with Gasteiger partial charge in [0.05, 0.1) is 5.56 Å². The Morgan fingerprint density at radius 2 is 2.00 bits per heavy atom. The van der Waals surface area contributed by atoms with Gasteiger partial charge in [0.15, 0.2) is 0 Å². The standard InChI is InChI=1S/C14H18F3N3O/c1-2-3-8-21-9-4-7-19-13-11(10-18)5-6-12(20-13)14(15,16)17/h5-6H,2-4,7-9H2,1H3,(H,19,20). The summed E-state index contributed by atoms with van der Waals surface area (Å²) in [6.45, 7) is 3.67. The van der Waals surface area contributed by atoms with Crippen LogP contribution in [0.25, 0.3) is 0 Å². The number of anilines is 1. The monoisotopic (exact) mass is 301 g/mol. The van der Waals surface area contributed by atoms with E-state index < -0.39 is 11.9 Å². The zero-order valence-corrected chi connectivity index (χ0v) is 11.8. The van der Waals surface area contributed by atoms with Crippen molar-refractivity contribution in [3.05, 3.63) is 23.4 Å². The van der Waals surface area contributed by atoms with E-state index in [0.29, 0.717) is 26.2 Å². The molecule has 1 aromatic rings. The molecule has 0 unspecified atom stereocenters. The van der Waals surface area contributed by atoms with E-state index in [4.69, 9.17) is 10.00 Å². The van der Waals surface area contributed by atoms with Crippen LogP contribution >= 0.6 is 0 Å². The minimum absolute atomic E-state index is 0.0408. The highest BCUT2D eigenvalue weighted by Gasteiger charge is 2.33. The molecule has 1 aromatic heterocycles. The lowest BCUT2D eigenvalue weighted by Crippen LogP contribution is -2.13. The van der Waals surface area contributed by atoms with Gasteiger partial charge < -0.3 is 10.1 Å². The number of rotatable bonds is 8. The lowest BCUT2D eigenvalue weighted by molar-refractivity contribution is -0.141. The predicted molar refractivity (Wildman–Crippen MR) is 72.8 cm³/mol. The fourth-order valence-electron chi connectivity index (χ4n) is 1.57. The van der Waals surface area contributed by atoms with Gasteiger partial charge in [0, 0.05) is 19.8 Å². The van der Waals surface area contributed by atoms with E-state index in [2.05, 4.69) is 17.2 Å². The number of hydrogen-bond acceptors (Lipinski definition) is 4. The van der Waals surface area contributed by atoms with Gasteiger partial charge in [-0.3, -0.25) is 0 Å². The highest BCUT2D eigenvalue weighted by Crippen LogP contribution is 2.29. The fourth-order valence-corrected chi connectivity index (χ4v) is 1.57. The van der Waals surface area contributed by atoms with E-state index in [0.717, 1.165) is 25.0 Å². The third-order valence-electron chi connectivity index (χ3n) is 2.71. The van der Waals surface area contributed by atoms with Crippen LogP contribution in [0.3, 0.4) is 0 Å². The number of nitrogens with one attached hydrogen (secondary N) is 1. The lowest BCUT2D eigenvalue weighted by atomic mass is 10.2. The van der Waals surface area contributed by atoms with Gasteiger partial charge in [-0.2, -0.15) is 18.4 Å². The molecule has 1 heterocycles. The van der Waals surface area contributed by atoms with Gasteiger partial charge >= 0.3 is 6.18 Å². The molecule has 0 fully saturated rings. The van der Waals surface area contributed by atoms with Crippen molar-refractivity contribution in [3.8, 4) is 6.07 Å². The summed E-state index contributed by atoms with van der Waals surface area (Å²) >= 11 is 0. The first-order valence-corrected chi connectivity index (χ1v) is 6.79. The van der Waals surface area contributed by atoms with Crippen LogP contribution in [-0.2, 0) is 10.9 Å². The van der Waals surface area contributed by atoms with Crippen molar-refractivity contribution in [2.75, 3.05) is 25.1 Å². The number of nitrogens with zero attached hydrogens (tertiary/aromatic N) is 2. The van der Waals surface area contributed by atoms with Gasteiger partial charge in [-0.25, -0.2) is 4.98 Å². The molecule has 0 aliphatic heterocycles. The van der Waals surface area contributed by atoms with Gasteiger partial charge in [-0.05, 0) is 25.0 Å². The van der Waals surface area contributed by atoms with E-state index in [1.54, 1.807) is 0 Å². The van der Waals surface area contributed by atoms with Crippen molar-refractivity contribution >= 4 is 5.82 Å². The van der Waals surface area contributed by atoms with Crippen LogP contribution in [0.2, 0.25) is 0 Å². The first-order chi connectivity index (χ1) is 9.99. The molecule has 116 valence electrons. The van der Waals surface area contributed by atoms with E-state index in [9.17, 15) is 13.2 Å². The maximum Gasteiger partial charge on any atom is 0.433 e.